The highest BCUT2D eigenvalue weighted by atomic mass is 19.2. The zero-order valence-corrected chi connectivity index (χ0v) is 21.1. The van der Waals surface area contributed by atoms with E-state index in [2.05, 4.69) is 26.8 Å². The molecule has 0 atom stereocenters. The SMILES string of the molecule is CN1CCN(Cc2cc(F)c(F)cc2-c2ccc3nc(N)nc(C(=O)N4Cc5ccccc5C4)c3c2)CC1. The Hall–Kier alpha value is -3.95. The molecule has 1 fully saturated rings. The average molecular weight is 515 g/mol. The summed E-state index contributed by atoms with van der Waals surface area (Å²) >= 11 is 0. The van der Waals surface area contributed by atoms with Crippen molar-refractivity contribution in [3.05, 3.63) is 88.6 Å². The lowest BCUT2D eigenvalue weighted by molar-refractivity contribution is 0.0747. The van der Waals surface area contributed by atoms with E-state index in [4.69, 9.17) is 5.73 Å². The van der Waals surface area contributed by atoms with Crippen molar-refractivity contribution in [1.82, 2.24) is 24.7 Å². The molecular weight excluding hydrogens is 486 g/mol. The minimum Gasteiger partial charge on any atom is -0.368 e. The number of anilines is 1. The first-order chi connectivity index (χ1) is 18.4. The number of likely N-dealkylation sites (N-methyl/N-ethyl adjacent to an activating group) is 1. The molecule has 1 amide bonds. The van der Waals surface area contributed by atoms with E-state index < -0.39 is 11.6 Å². The molecule has 3 aromatic carbocycles. The fraction of sp³-hybridized carbons (Fsp3) is 0.276. The van der Waals surface area contributed by atoms with Crippen LogP contribution >= 0.6 is 0 Å². The van der Waals surface area contributed by atoms with Gasteiger partial charge in [0.1, 0.15) is 5.69 Å². The monoisotopic (exact) mass is 514 g/mol. The van der Waals surface area contributed by atoms with Crippen molar-refractivity contribution in [1.29, 1.82) is 0 Å². The highest BCUT2D eigenvalue weighted by Crippen LogP contribution is 2.32. The lowest BCUT2D eigenvalue weighted by Crippen LogP contribution is -2.43. The molecule has 0 aliphatic carbocycles. The van der Waals surface area contributed by atoms with Gasteiger partial charge < -0.3 is 15.5 Å². The lowest BCUT2D eigenvalue weighted by atomic mass is 9.96. The third kappa shape index (κ3) is 4.59. The van der Waals surface area contributed by atoms with E-state index >= 15 is 0 Å². The highest BCUT2D eigenvalue weighted by Gasteiger charge is 2.27. The summed E-state index contributed by atoms with van der Waals surface area (Å²) in [4.78, 5) is 28.5. The van der Waals surface area contributed by atoms with E-state index in [9.17, 15) is 13.6 Å². The number of halogens is 2. The van der Waals surface area contributed by atoms with E-state index in [0.717, 1.165) is 37.3 Å². The molecule has 3 heterocycles. The number of nitrogen functional groups attached to an aromatic ring is 1. The maximum absolute atomic E-state index is 14.5. The van der Waals surface area contributed by atoms with E-state index in [0.29, 0.717) is 47.2 Å². The van der Waals surface area contributed by atoms with Crippen LogP contribution in [-0.2, 0) is 19.6 Å². The summed E-state index contributed by atoms with van der Waals surface area (Å²) in [5, 5.41) is 0.521. The van der Waals surface area contributed by atoms with Crippen LogP contribution in [0.2, 0.25) is 0 Å². The molecule has 9 heteroatoms. The van der Waals surface area contributed by atoms with Crippen LogP contribution in [0.1, 0.15) is 27.2 Å². The Morgan fingerprint density at radius 1 is 0.921 bits per heavy atom. The summed E-state index contributed by atoms with van der Waals surface area (Å²) in [6.45, 7) is 4.98. The number of benzene rings is 3. The fourth-order valence-electron chi connectivity index (χ4n) is 5.34. The van der Waals surface area contributed by atoms with Crippen LogP contribution in [0.4, 0.5) is 14.7 Å². The Kier molecular flexibility index (Phi) is 6.25. The van der Waals surface area contributed by atoms with Crippen LogP contribution in [0.5, 0.6) is 0 Å². The minimum atomic E-state index is -0.915. The quantitative estimate of drug-likeness (QED) is 0.443. The average Bonchev–Trinajstić information content (AvgIpc) is 3.35. The van der Waals surface area contributed by atoms with Crippen LogP contribution in [0.3, 0.4) is 0 Å². The number of hydrogen-bond donors (Lipinski definition) is 1. The van der Waals surface area contributed by atoms with E-state index in [1.165, 1.54) is 12.1 Å². The van der Waals surface area contributed by atoms with Crippen LogP contribution in [-0.4, -0.2) is 63.8 Å². The van der Waals surface area contributed by atoms with Crippen molar-refractivity contribution in [2.75, 3.05) is 39.0 Å². The zero-order valence-electron chi connectivity index (χ0n) is 21.1. The summed E-state index contributed by atoms with van der Waals surface area (Å²) in [5.41, 5.74) is 10.8. The van der Waals surface area contributed by atoms with Gasteiger partial charge in [0.2, 0.25) is 5.95 Å². The van der Waals surface area contributed by atoms with Gasteiger partial charge in [0.25, 0.3) is 5.91 Å². The largest absolute Gasteiger partial charge is 0.368 e. The summed E-state index contributed by atoms with van der Waals surface area (Å²) in [5.74, 6) is -2.03. The number of piperazine rings is 1. The van der Waals surface area contributed by atoms with Gasteiger partial charge in [-0.15, -0.1) is 0 Å². The summed E-state index contributed by atoms with van der Waals surface area (Å²) in [6.07, 6.45) is 0. The van der Waals surface area contributed by atoms with Crippen LogP contribution < -0.4 is 5.73 Å². The number of nitrogens with zero attached hydrogens (tertiary/aromatic N) is 5. The van der Waals surface area contributed by atoms with Gasteiger partial charge in [-0.3, -0.25) is 9.69 Å². The molecule has 2 N–H and O–H groups in total. The number of nitrogens with two attached hydrogens (primary N) is 1. The number of carbonyl (C=O) groups excluding carboxylic acids is 1. The normalized spacial score (nSPS) is 16.2. The minimum absolute atomic E-state index is 0.00823. The molecule has 1 saturated heterocycles. The van der Waals surface area contributed by atoms with Crippen molar-refractivity contribution >= 4 is 22.8 Å². The van der Waals surface area contributed by atoms with E-state index in [-0.39, 0.29) is 17.5 Å². The standard InChI is InChI=1S/C29H28F2N6O/c1-35-8-10-36(11-9-35)15-21-13-24(30)25(31)14-22(21)18-6-7-26-23(12-18)27(34-29(32)33-26)28(38)37-16-19-4-2-3-5-20(19)17-37/h2-7,12-14H,8-11,15-17H2,1H3,(H2,32,33,34). The number of hydrogen-bond acceptors (Lipinski definition) is 6. The molecule has 0 spiro atoms. The molecule has 2 aliphatic rings. The molecule has 4 aromatic rings. The van der Waals surface area contributed by atoms with Crippen molar-refractivity contribution in [3.8, 4) is 11.1 Å². The Morgan fingerprint density at radius 3 is 2.32 bits per heavy atom. The molecule has 0 radical (unpaired) electrons. The Morgan fingerprint density at radius 2 is 1.61 bits per heavy atom. The van der Waals surface area contributed by atoms with Gasteiger partial charge in [0.05, 0.1) is 5.52 Å². The number of aromatic nitrogens is 2. The second kappa shape index (κ2) is 9.74. The van der Waals surface area contributed by atoms with Crippen molar-refractivity contribution < 1.29 is 13.6 Å². The van der Waals surface area contributed by atoms with Gasteiger partial charge in [-0.2, -0.15) is 0 Å². The van der Waals surface area contributed by atoms with Crippen LogP contribution in [0.15, 0.2) is 54.6 Å². The summed E-state index contributed by atoms with van der Waals surface area (Å²) < 4.78 is 28.8. The topological polar surface area (TPSA) is 78.6 Å². The maximum atomic E-state index is 14.5. The number of fused-ring (bicyclic) bond motifs is 2. The van der Waals surface area contributed by atoms with Gasteiger partial charge in [0.15, 0.2) is 11.6 Å². The molecule has 38 heavy (non-hydrogen) atoms. The van der Waals surface area contributed by atoms with Gasteiger partial charge in [-0.1, -0.05) is 30.3 Å². The Bertz CT molecular complexity index is 1530. The first-order valence-electron chi connectivity index (χ1n) is 12.7. The van der Waals surface area contributed by atoms with E-state index in [1.54, 1.807) is 23.1 Å². The molecule has 0 bridgehead atoms. The molecular formula is C29H28F2N6O. The van der Waals surface area contributed by atoms with Gasteiger partial charge >= 0.3 is 0 Å². The van der Waals surface area contributed by atoms with E-state index in [1.807, 2.05) is 24.3 Å². The third-order valence-electron chi connectivity index (χ3n) is 7.49. The molecule has 6 rings (SSSR count). The van der Waals surface area contributed by atoms with Gasteiger partial charge in [-0.25, -0.2) is 18.7 Å². The number of amides is 1. The molecule has 7 nitrogen and oxygen atoms in total. The summed E-state index contributed by atoms with van der Waals surface area (Å²) in [6, 6.07) is 15.8. The van der Waals surface area contributed by atoms with Gasteiger partial charge in [-0.05, 0) is 59.1 Å². The second-order valence-electron chi connectivity index (χ2n) is 10.1. The molecule has 2 aliphatic heterocycles. The van der Waals surface area contributed by atoms with Crippen molar-refractivity contribution in [2.45, 2.75) is 19.6 Å². The Labute approximate surface area is 219 Å². The molecule has 0 saturated carbocycles. The Balaban J connectivity index is 1.39. The van der Waals surface area contributed by atoms with Crippen LogP contribution in [0, 0.1) is 11.6 Å². The predicted molar refractivity (Wildman–Crippen MR) is 142 cm³/mol. The zero-order chi connectivity index (χ0) is 26.4. The van der Waals surface area contributed by atoms with Gasteiger partial charge in [0, 0.05) is 51.2 Å². The first kappa shape index (κ1) is 24.4. The smallest absolute Gasteiger partial charge is 0.273 e. The molecule has 0 unspecified atom stereocenters. The predicted octanol–water partition coefficient (Wildman–Crippen LogP) is 4.06. The summed E-state index contributed by atoms with van der Waals surface area (Å²) in [7, 11) is 2.07. The third-order valence-corrected chi connectivity index (χ3v) is 7.49. The molecule has 1 aromatic heterocycles. The number of rotatable bonds is 4. The maximum Gasteiger partial charge on any atom is 0.273 e. The van der Waals surface area contributed by atoms with Crippen molar-refractivity contribution in [3.63, 3.8) is 0 Å². The first-order valence-corrected chi connectivity index (χ1v) is 12.7. The van der Waals surface area contributed by atoms with Crippen molar-refractivity contribution in [2.24, 2.45) is 0 Å². The highest BCUT2D eigenvalue weighted by molar-refractivity contribution is 6.06. The molecule has 194 valence electrons. The lowest BCUT2D eigenvalue weighted by Gasteiger charge is -2.32. The number of carbonyl (C=O) groups is 1. The van der Waals surface area contributed by atoms with Crippen LogP contribution in [0.25, 0.3) is 22.0 Å². The fourth-order valence-corrected chi connectivity index (χ4v) is 5.34. The second-order valence-corrected chi connectivity index (χ2v) is 10.1.